The van der Waals surface area contributed by atoms with E-state index in [1.54, 1.807) is 0 Å². The van der Waals surface area contributed by atoms with Crippen LogP contribution in [0.4, 0.5) is 17.3 Å². The highest BCUT2D eigenvalue weighted by Crippen LogP contribution is 2.36. The monoisotopic (exact) mass is 512 g/mol. The lowest BCUT2D eigenvalue weighted by Crippen LogP contribution is -2.46. The van der Waals surface area contributed by atoms with E-state index in [9.17, 15) is 0 Å². The Balaban J connectivity index is 1.23. The van der Waals surface area contributed by atoms with Gasteiger partial charge in [0.15, 0.2) is 0 Å². The van der Waals surface area contributed by atoms with Crippen LogP contribution in [0.15, 0.2) is 49.2 Å². The van der Waals surface area contributed by atoms with Gasteiger partial charge in [0, 0.05) is 79.2 Å². The first-order valence-electron chi connectivity index (χ1n) is 13.7. The zero-order valence-electron chi connectivity index (χ0n) is 23.3. The quantitative estimate of drug-likeness (QED) is 0.377. The number of piperidine rings is 1. The van der Waals surface area contributed by atoms with Crippen molar-refractivity contribution in [3.05, 3.63) is 77.1 Å². The van der Waals surface area contributed by atoms with Crippen LogP contribution in [0.5, 0.6) is 5.75 Å². The Bertz CT molecular complexity index is 1300. The van der Waals surface area contributed by atoms with Crippen molar-refractivity contribution in [1.29, 1.82) is 0 Å². The van der Waals surface area contributed by atoms with E-state index in [4.69, 9.17) is 9.72 Å². The second-order valence-corrected chi connectivity index (χ2v) is 10.6. The molecular weight excluding hydrogens is 472 g/mol. The molecule has 200 valence electrons. The van der Waals surface area contributed by atoms with Gasteiger partial charge in [-0.2, -0.15) is 0 Å². The molecule has 2 N–H and O–H groups in total. The summed E-state index contributed by atoms with van der Waals surface area (Å²) in [4.78, 5) is 14.5. The molecule has 3 heterocycles. The number of aromatic nitrogens is 2. The van der Waals surface area contributed by atoms with E-state index < -0.39 is 0 Å². The van der Waals surface area contributed by atoms with E-state index in [0.29, 0.717) is 24.6 Å². The molecule has 1 saturated heterocycles. The summed E-state index contributed by atoms with van der Waals surface area (Å²) in [7, 11) is 1.93. The fraction of sp³-hybridized carbons (Fsp3) is 0.419. The topological polar surface area (TPSA) is 65.6 Å². The number of ether oxygens (including phenoxy) is 1. The standard InChI is InChI=1S/C31H40N6O/c1-7-38-30-16-25(32-6)8-9-28(30)23(5)37-11-10-27(15-22(37)4)36-18-24-17-33-31(35-29(24)19-36)34-26-13-20(2)12-21(3)14-26/h8-9,12-14,16-17,22,27,32H,5,7,10-11,15,18-19H2,1-4,6H3,(H,33,34,35)/t22-,27+/m1/s1. The summed E-state index contributed by atoms with van der Waals surface area (Å²) >= 11 is 0. The van der Waals surface area contributed by atoms with Gasteiger partial charge in [0.05, 0.1) is 12.3 Å². The molecule has 1 fully saturated rings. The first-order valence-corrected chi connectivity index (χ1v) is 13.7. The van der Waals surface area contributed by atoms with Crippen LogP contribution in [0.2, 0.25) is 0 Å². The minimum atomic E-state index is 0.385. The third-order valence-corrected chi connectivity index (χ3v) is 7.75. The third kappa shape index (κ3) is 5.48. The molecule has 2 aliphatic rings. The van der Waals surface area contributed by atoms with Crippen LogP contribution in [-0.4, -0.2) is 52.1 Å². The summed E-state index contributed by atoms with van der Waals surface area (Å²) in [5.74, 6) is 1.56. The molecule has 0 radical (unpaired) electrons. The van der Waals surface area contributed by atoms with Crippen LogP contribution in [0.3, 0.4) is 0 Å². The number of likely N-dealkylation sites (tertiary alicyclic amines) is 1. The average Bonchev–Trinajstić information content (AvgIpc) is 3.31. The summed E-state index contributed by atoms with van der Waals surface area (Å²) in [6, 6.07) is 13.6. The first-order chi connectivity index (χ1) is 18.3. The van der Waals surface area contributed by atoms with Crippen LogP contribution < -0.4 is 15.4 Å². The Kier molecular flexibility index (Phi) is 7.56. The zero-order valence-corrected chi connectivity index (χ0v) is 23.3. The lowest BCUT2D eigenvalue weighted by Gasteiger charge is -2.43. The molecule has 38 heavy (non-hydrogen) atoms. The molecule has 0 spiro atoms. The molecule has 0 saturated carbocycles. The van der Waals surface area contributed by atoms with Gasteiger partial charge in [-0.3, -0.25) is 4.90 Å². The normalized spacial score (nSPS) is 19.2. The number of nitrogens with one attached hydrogen (secondary N) is 2. The van der Waals surface area contributed by atoms with Crippen LogP contribution >= 0.6 is 0 Å². The van der Waals surface area contributed by atoms with Gasteiger partial charge >= 0.3 is 0 Å². The maximum atomic E-state index is 5.97. The van der Waals surface area contributed by atoms with Crippen LogP contribution in [0.25, 0.3) is 5.70 Å². The number of rotatable bonds is 8. The Labute approximate surface area is 226 Å². The Morgan fingerprint density at radius 1 is 1.11 bits per heavy atom. The largest absolute Gasteiger partial charge is 0.493 e. The van der Waals surface area contributed by atoms with Crippen LogP contribution in [-0.2, 0) is 13.1 Å². The maximum absolute atomic E-state index is 5.97. The number of fused-ring (bicyclic) bond motifs is 1. The molecule has 0 amide bonds. The molecule has 1 aromatic heterocycles. The van der Waals surface area contributed by atoms with Crippen molar-refractivity contribution >= 4 is 23.0 Å². The lowest BCUT2D eigenvalue weighted by atomic mass is 9.95. The van der Waals surface area contributed by atoms with Crippen molar-refractivity contribution in [2.24, 2.45) is 0 Å². The van der Waals surface area contributed by atoms with Gasteiger partial charge in [0.1, 0.15) is 5.75 Å². The minimum absolute atomic E-state index is 0.385. The van der Waals surface area contributed by atoms with Crippen molar-refractivity contribution in [2.45, 2.75) is 65.7 Å². The van der Waals surface area contributed by atoms with Gasteiger partial charge in [-0.25, -0.2) is 9.97 Å². The van der Waals surface area contributed by atoms with Gasteiger partial charge < -0.3 is 20.3 Å². The van der Waals surface area contributed by atoms with E-state index in [1.165, 1.54) is 16.7 Å². The summed E-state index contributed by atoms with van der Waals surface area (Å²) in [5.41, 5.74) is 9.02. The molecule has 5 rings (SSSR count). The predicted molar refractivity (Wildman–Crippen MR) is 156 cm³/mol. The Morgan fingerprint density at radius 2 is 1.89 bits per heavy atom. The molecule has 0 aliphatic carbocycles. The smallest absolute Gasteiger partial charge is 0.227 e. The van der Waals surface area contributed by atoms with Crippen LogP contribution in [0, 0.1) is 13.8 Å². The summed E-state index contributed by atoms with van der Waals surface area (Å²) < 4.78 is 5.97. The molecule has 3 aromatic rings. The molecule has 2 aromatic carbocycles. The van der Waals surface area contributed by atoms with Gasteiger partial charge in [-0.05, 0) is 75.9 Å². The highest BCUT2D eigenvalue weighted by Gasteiger charge is 2.34. The maximum Gasteiger partial charge on any atom is 0.227 e. The van der Waals surface area contributed by atoms with Gasteiger partial charge in [0.25, 0.3) is 0 Å². The Morgan fingerprint density at radius 3 is 2.61 bits per heavy atom. The number of anilines is 3. The molecular formula is C31H40N6O. The van der Waals surface area contributed by atoms with Crippen molar-refractivity contribution in [3.8, 4) is 5.75 Å². The lowest BCUT2D eigenvalue weighted by molar-refractivity contribution is 0.102. The van der Waals surface area contributed by atoms with Crippen molar-refractivity contribution in [2.75, 3.05) is 30.8 Å². The zero-order chi connectivity index (χ0) is 26.8. The van der Waals surface area contributed by atoms with E-state index in [1.807, 2.05) is 20.2 Å². The predicted octanol–water partition coefficient (Wildman–Crippen LogP) is 6.12. The highest BCUT2D eigenvalue weighted by atomic mass is 16.5. The average molecular weight is 513 g/mol. The second kappa shape index (κ2) is 11.0. The molecule has 2 atom stereocenters. The first kappa shape index (κ1) is 26.0. The third-order valence-electron chi connectivity index (χ3n) is 7.75. The Hall–Kier alpha value is -3.58. The van der Waals surface area contributed by atoms with Gasteiger partial charge in [0.2, 0.25) is 5.95 Å². The number of nitrogens with zero attached hydrogens (tertiary/aromatic N) is 4. The molecule has 7 heteroatoms. The number of hydrogen-bond acceptors (Lipinski definition) is 7. The van der Waals surface area contributed by atoms with E-state index in [0.717, 1.165) is 66.6 Å². The molecule has 7 nitrogen and oxygen atoms in total. The highest BCUT2D eigenvalue weighted by molar-refractivity contribution is 5.70. The number of hydrogen-bond donors (Lipinski definition) is 2. The SMILES string of the molecule is C=C(c1ccc(NC)cc1OCC)N1CC[C@H](N2Cc3cnc(Nc4cc(C)cc(C)c4)nc3C2)C[C@H]1C. The minimum Gasteiger partial charge on any atom is -0.493 e. The van der Waals surface area contributed by atoms with Crippen molar-refractivity contribution in [1.82, 2.24) is 19.8 Å². The second-order valence-electron chi connectivity index (χ2n) is 10.6. The van der Waals surface area contributed by atoms with Gasteiger partial charge in [-0.15, -0.1) is 0 Å². The number of benzene rings is 2. The van der Waals surface area contributed by atoms with Crippen LogP contribution in [0.1, 0.15) is 54.6 Å². The molecule has 0 unspecified atom stereocenters. The molecule has 2 aliphatic heterocycles. The summed E-state index contributed by atoms with van der Waals surface area (Å²) in [6.07, 6.45) is 4.18. The van der Waals surface area contributed by atoms with E-state index in [-0.39, 0.29) is 0 Å². The van der Waals surface area contributed by atoms with Crippen molar-refractivity contribution in [3.63, 3.8) is 0 Å². The summed E-state index contributed by atoms with van der Waals surface area (Å²) in [6.45, 7) is 16.4. The van der Waals surface area contributed by atoms with Crippen molar-refractivity contribution < 1.29 is 4.74 Å². The molecule has 0 bridgehead atoms. The van der Waals surface area contributed by atoms with Gasteiger partial charge in [-0.1, -0.05) is 12.6 Å². The fourth-order valence-electron chi connectivity index (χ4n) is 5.90. The number of aryl methyl sites for hydroxylation is 2. The summed E-state index contributed by atoms with van der Waals surface area (Å²) in [5, 5.41) is 6.60. The fourth-order valence-corrected chi connectivity index (χ4v) is 5.90. The van der Waals surface area contributed by atoms with E-state index >= 15 is 0 Å². The van der Waals surface area contributed by atoms with E-state index in [2.05, 4.69) is 89.2 Å².